The SMILES string of the molecule is C=C(Br)Cn1cnc2ccc(Br)cc2c1=O. The predicted octanol–water partition coefficient (Wildman–Crippen LogP) is 3.07. The molecule has 3 nitrogen and oxygen atoms in total. The number of hydrogen-bond acceptors (Lipinski definition) is 2. The van der Waals surface area contributed by atoms with Gasteiger partial charge in [0.25, 0.3) is 5.56 Å². The van der Waals surface area contributed by atoms with Crippen LogP contribution in [0.1, 0.15) is 0 Å². The van der Waals surface area contributed by atoms with Crippen LogP contribution in [-0.2, 0) is 6.54 Å². The van der Waals surface area contributed by atoms with Gasteiger partial charge in [-0.15, -0.1) is 0 Å². The number of aromatic nitrogens is 2. The van der Waals surface area contributed by atoms with Crippen molar-refractivity contribution < 1.29 is 0 Å². The van der Waals surface area contributed by atoms with Gasteiger partial charge in [0.05, 0.1) is 23.8 Å². The molecule has 0 N–H and O–H groups in total. The van der Waals surface area contributed by atoms with Crippen LogP contribution in [0.5, 0.6) is 0 Å². The molecule has 0 fully saturated rings. The summed E-state index contributed by atoms with van der Waals surface area (Å²) in [6.45, 7) is 4.13. The van der Waals surface area contributed by atoms with E-state index >= 15 is 0 Å². The highest BCUT2D eigenvalue weighted by molar-refractivity contribution is 9.11. The van der Waals surface area contributed by atoms with Crippen molar-refractivity contribution in [2.75, 3.05) is 0 Å². The van der Waals surface area contributed by atoms with E-state index in [2.05, 4.69) is 43.4 Å². The Morgan fingerprint density at radius 1 is 1.50 bits per heavy atom. The summed E-state index contributed by atoms with van der Waals surface area (Å²) in [5, 5.41) is 0.602. The zero-order chi connectivity index (χ0) is 11.7. The molecular formula is C11H8Br2N2O. The number of rotatable bonds is 2. The summed E-state index contributed by atoms with van der Waals surface area (Å²) in [5.74, 6) is 0. The van der Waals surface area contributed by atoms with E-state index in [9.17, 15) is 4.79 Å². The molecule has 1 heterocycles. The molecule has 1 aromatic heterocycles. The maximum Gasteiger partial charge on any atom is 0.261 e. The van der Waals surface area contributed by atoms with E-state index in [1.54, 1.807) is 6.07 Å². The van der Waals surface area contributed by atoms with Crippen LogP contribution < -0.4 is 5.56 Å². The molecular weight excluding hydrogens is 336 g/mol. The van der Waals surface area contributed by atoms with Crippen LogP contribution in [-0.4, -0.2) is 9.55 Å². The van der Waals surface area contributed by atoms with Crippen molar-refractivity contribution in [1.82, 2.24) is 9.55 Å². The molecule has 16 heavy (non-hydrogen) atoms. The lowest BCUT2D eigenvalue weighted by atomic mass is 10.2. The van der Waals surface area contributed by atoms with Crippen molar-refractivity contribution in [2.45, 2.75) is 6.54 Å². The highest BCUT2D eigenvalue weighted by atomic mass is 79.9. The van der Waals surface area contributed by atoms with E-state index in [-0.39, 0.29) is 5.56 Å². The summed E-state index contributed by atoms with van der Waals surface area (Å²) >= 11 is 6.57. The van der Waals surface area contributed by atoms with Gasteiger partial charge in [0.1, 0.15) is 0 Å². The zero-order valence-corrected chi connectivity index (χ0v) is 11.5. The van der Waals surface area contributed by atoms with Crippen molar-refractivity contribution in [3.05, 3.63) is 50.4 Å². The van der Waals surface area contributed by atoms with Crippen LogP contribution in [0.4, 0.5) is 0 Å². The fourth-order valence-corrected chi connectivity index (χ4v) is 2.06. The van der Waals surface area contributed by atoms with E-state index in [4.69, 9.17) is 0 Å². The lowest BCUT2D eigenvalue weighted by Crippen LogP contribution is -2.20. The molecule has 0 atom stereocenters. The lowest BCUT2D eigenvalue weighted by Gasteiger charge is -2.05. The topological polar surface area (TPSA) is 34.9 Å². The number of benzene rings is 1. The molecule has 82 valence electrons. The second-order valence-corrected chi connectivity index (χ2v) is 5.39. The van der Waals surface area contributed by atoms with E-state index in [1.165, 1.54) is 10.9 Å². The van der Waals surface area contributed by atoms with Gasteiger partial charge in [-0.3, -0.25) is 9.36 Å². The molecule has 2 aromatic rings. The Hall–Kier alpha value is -0.940. The van der Waals surface area contributed by atoms with Crippen LogP contribution in [0.2, 0.25) is 0 Å². The van der Waals surface area contributed by atoms with Gasteiger partial charge in [0, 0.05) is 8.96 Å². The third kappa shape index (κ3) is 2.25. The van der Waals surface area contributed by atoms with Gasteiger partial charge in [-0.05, 0) is 18.2 Å². The first kappa shape index (κ1) is 11.5. The molecule has 5 heteroatoms. The van der Waals surface area contributed by atoms with Crippen LogP contribution in [0, 0.1) is 0 Å². The first-order valence-electron chi connectivity index (χ1n) is 4.56. The van der Waals surface area contributed by atoms with Gasteiger partial charge in [-0.25, -0.2) is 4.98 Å². The first-order chi connectivity index (χ1) is 7.58. The van der Waals surface area contributed by atoms with Crippen LogP contribution in [0.25, 0.3) is 10.9 Å². The summed E-state index contributed by atoms with van der Waals surface area (Å²) in [4.78, 5) is 16.3. The van der Waals surface area contributed by atoms with Crippen molar-refractivity contribution in [3.8, 4) is 0 Å². The van der Waals surface area contributed by atoms with Gasteiger partial charge in [-0.2, -0.15) is 0 Å². The molecule has 0 saturated heterocycles. The average molecular weight is 344 g/mol. The maximum atomic E-state index is 12.1. The second kappa shape index (κ2) is 4.51. The Morgan fingerprint density at radius 3 is 2.94 bits per heavy atom. The number of allylic oxidation sites excluding steroid dienone is 1. The fraction of sp³-hybridized carbons (Fsp3) is 0.0909. The van der Waals surface area contributed by atoms with E-state index in [0.29, 0.717) is 17.4 Å². The number of nitrogens with zero attached hydrogens (tertiary/aromatic N) is 2. The summed E-state index contributed by atoms with van der Waals surface area (Å²) < 4.78 is 3.13. The molecule has 0 aliphatic carbocycles. The molecule has 0 radical (unpaired) electrons. The number of hydrogen-bond donors (Lipinski definition) is 0. The third-order valence-electron chi connectivity index (χ3n) is 2.13. The van der Waals surface area contributed by atoms with Crippen LogP contribution >= 0.6 is 31.9 Å². The van der Waals surface area contributed by atoms with E-state index < -0.39 is 0 Å². The maximum absolute atomic E-state index is 12.1. The molecule has 0 aliphatic heterocycles. The van der Waals surface area contributed by atoms with Crippen molar-refractivity contribution in [1.29, 1.82) is 0 Å². The molecule has 0 bridgehead atoms. The summed E-state index contributed by atoms with van der Waals surface area (Å²) in [7, 11) is 0. The Morgan fingerprint density at radius 2 is 2.25 bits per heavy atom. The molecule has 0 spiro atoms. The standard InChI is InChI=1S/C11H8Br2N2O/c1-7(12)5-15-6-14-10-3-2-8(13)4-9(10)11(15)16/h2-4,6H,1,5H2. The van der Waals surface area contributed by atoms with Crippen molar-refractivity contribution >= 4 is 42.8 Å². The first-order valence-corrected chi connectivity index (χ1v) is 6.14. The van der Waals surface area contributed by atoms with E-state index in [1.807, 2.05) is 12.1 Å². The molecule has 0 aliphatic rings. The van der Waals surface area contributed by atoms with E-state index in [0.717, 1.165) is 8.96 Å². The normalized spacial score (nSPS) is 10.6. The van der Waals surface area contributed by atoms with Crippen molar-refractivity contribution in [3.63, 3.8) is 0 Å². The minimum absolute atomic E-state index is 0.0631. The number of halogens is 2. The predicted molar refractivity (Wildman–Crippen MR) is 71.8 cm³/mol. The molecule has 1 aromatic carbocycles. The van der Waals surface area contributed by atoms with Gasteiger partial charge in [0.2, 0.25) is 0 Å². The molecule has 0 unspecified atom stereocenters. The summed E-state index contributed by atoms with van der Waals surface area (Å²) in [6.07, 6.45) is 1.53. The minimum Gasteiger partial charge on any atom is -0.294 e. The van der Waals surface area contributed by atoms with Gasteiger partial charge < -0.3 is 0 Å². The summed E-state index contributed by atoms with van der Waals surface area (Å²) in [6, 6.07) is 5.45. The quantitative estimate of drug-likeness (QED) is 0.839. The average Bonchev–Trinajstić information content (AvgIpc) is 2.22. The fourth-order valence-electron chi connectivity index (χ4n) is 1.43. The van der Waals surface area contributed by atoms with Gasteiger partial charge in [-0.1, -0.05) is 38.4 Å². The Labute approximate surface area is 109 Å². The monoisotopic (exact) mass is 342 g/mol. The Bertz CT molecular complexity index is 619. The molecule has 2 rings (SSSR count). The molecule has 0 amide bonds. The van der Waals surface area contributed by atoms with Crippen molar-refractivity contribution in [2.24, 2.45) is 0 Å². The smallest absolute Gasteiger partial charge is 0.261 e. The Balaban J connectivity index is 2.68. The molecule has 0 saturated carbocycles. The minimum atomic E-state index is -0.0631. The third-order valence-corrected chi connectivity index (χ3v) is 2.87. The van der Waals surface area contributed by atoms with Crippen LogP contribution in [0.3, 0.4) is 0 Å². The second-order valence-electron chi connectivity index (χ2n) is 3.36. The summed E-state index contributed by atoms with van der Waals surface area (Å²) in [5.41, 5.74) is 0.636. The largest absolute Gasteiger partial charge is 0.294 e. The highest BCUT2D eigenvalue weighted by Gasteiger charge is 2.04. The van der Waals surface area contributed by atoms with Gasteiger partial charge in [0.15, 0.2) is 0 Å². The van der Waals surface area contributed by atoms with Crippen LogP contribution in [0.15, 0.2) is 44.9 Å². The highest BCUT2D eigenvalue weighted by Crippen LogP contribution is 2.15. The Kier molecular flexibility index (Phi) is 3.25. The van der Waals surface area contributed by atoms with Gasteiger partial charge >= 0.3 is 0 Å². The number of fused-ring (bicyclic) bond motifs is 1. The lowest BCUT2D eigenvalue weighted by molar-refractivity contribution is 0.763. The zero-order valence-electron chi connectivity index (χ0n) is 8.28.